The largest absolute Gasteiger partial charge is 0.490 e. The molecule has 0 atom stereocenters. The maximum Gasteiger partial charge on any atom is 0.322 e. The van der Waals surface area contributed by atoms with E-state index in [4.69, 9.17) is 18.9 Å². The zero-order chi connectivity index (χ0) is 21.4. The number of Topliss-reactive ketones (excluding diaryl/α,β-unsaturated/α-hetero) is 1. The lowest BCUT2D eigenvalue weighted by atomic mass is 10.1. The Morgan fingerprint density at radius 2 is 1.57 bits per heavy atom. The van der Waals surface area contributed by atoms with Crippen molar-refractivity contribution in [2.45, 2.75) is 36.3 Å². The zero-order valence-corrected chi connectivity index (χ0v) is 19.4. The van der Waals surface area contributed by atoms with Gasteiger partial charge in [0.15, 0.2) is 12.6 Å². The van der Waals surface area contributed by atoms with Crippen LogP contribution in [0.4, 0.5) is 0 Å². The van der Waals surface area contributed by atoms with Gasteiger partial charge in [0.1, 0.15) is 41.9 Å². The fraction of sp³-hybridized carbons (Fsp3) is 0.526. The van der Waals surface area contributed by atoms with Crippen LogP contribution in [0.25, 0.3) is 0 Å². The number of aldehydes is 1. The molecule has 9 heteroatoms. The Hall–Kier alpha value is -1.45. The van der Waals surface area contributed by atoms with E-state index in [1.165, 1.54) is 12.1 Å². The lowest BCUT2D eigenvalue weighted by Crippen LogP contribution is -2.29. The highest BCUT2D eigenvalue weighted by Gasteiger charge is 2.25. The van der Waals surface area contributed by atoms with E-state index in [1.807, 2.05) is 0 Å². The van der Waals surface area contributed by atoms with Crippen LogP contribution in [0.2, 0.25) is 0 Å². The molecule has 0 bridgehead atoms. The van der Waals surface area contributed by atoms with Gasteiger partial charge in [-0.2, -0.15) is 0 Å². The fourth-order valence-electron chi connectivity index (χ4n) is 1.71. The number of ether oxygens (including phenoxy) is 4. The zero-order valence-electron chi connectivity index (χ0n) is 16.3. The van der Waals surface area contributed by atoms with Crippen LogP contribution in [-0.2, 0) is 19.1 Å². The topological polar surface area (TPSA) is 88.1 Å². The first-order valence-corrected chi connectivity index (χ1v) is 10.0. The van der Waals surface area contributed by atoms with Crippen LogP contribution in [-0.4, -0.2) is 53.3 Å². The molecule has 0 N–H and O–H groups in total. The molecule has 0 radical (unpaired) electrons. The van der Waals surface area contributed by atoms with Crippen molar-refractivity contribution in [1.82, 2.24) is 0 Å². The summed E-state index contributed by atoms with van der Waals surface area (Å²) in [6, 6.07) is 4.63. The molecule has 0 amide bonds. The summed E-state index contributed by atoms with van der Waals surface area (Å²) >= 11 is 6.47. The quantitative estimate of drug-likeness (QED) is 0.136. The molecule has 0 aliphatic rings. The summed E-state index contributed by atoms with van der Waals surface area (Å²) in [5, 5.41) is 0. The van der Waals surface area contributed by atoms with Gasteiger partial charge >= 0.3 is 5.97 Å². The first-order valence-electron chi connectivity index (χ1n) is 8.45. The first-order chi connectivity index (χ1) is 12.9. The Bertz CT molecular complexity index is 638. The average Bonchev–Trinajstić information content (AvgIpc) is 2.60. The van der Waals surface area contributed by atoms with Crippen molar-refractivity contribution in [3.05, 3.63) is 23.8 Å². The number of halogens is 2. The molecule has 28 heavy (non-hydrogen) atoms. The number of benzene rings is 1. The van der Waals surface area contributed by atoms with E-state index in [-0.39, 0.29) is 32.4 Å². The van der Waals surface area contributed by atoms with Crippen molar-refractivity contribution >= 4 is 49.9 Å². The molecule has 0 heterocycles. The van der Waals surface area contributed by atoms with Gasteiger partial charge in [-0.05, 0) is 39.8 Å². The Morgan fingerprint density at radius 1 is 0.964 bits per heavy atom. The van der Waals surface area contributed by atoms with Crippen molar-refractivity contribution in [1.29, 1.82) is 0 Å². The second kappa shape index (κ2) is 10.9. The van der Waals surface area contributed by atoms with Gasteiger partial charge in [0.05, 0.1) is 4.32 Å². The molecule has 1 aromatic rings. The molecule has 156 valence electrons. The number of carbonyl (C=O) groups excluding carboxylic acids is 3. The van der Waals surface area contributed by atoms with Crippen molar-refractivity contribution in [3.63, 3.8) is 0 Å². The molecule has 0 unspecified atom stereocenters. The second-order valence-corrected chi connectivity index (χ2v) is 10.8. The molecule has 0 aliphatic carbocycles. The number of alkyl halides is 2. The molecule has 1 rings (SSSR count). The Balaban J connectivity index is 2.53. The molecular weight excluding hydrogens is 500 g/mol. The fourth-order valence-corrected chi connectivity index (χ4v) is 1.94. The standard InChI is InChI=1S/C19H24Br2O7/c1-18(2,20)16(23)11-25-12-28-15-8-13(10-22)7-14(9-15)26-5-6-27-17(24)19(3,4)21/h7-10H,5-6,11-12H2,1-4H3. The monoisotopic (exact) mass is 522 g/mol. The number of carbonyl (C=O) groups is 3. The summed E-state index contributed by atoms with van der Waals surface area (Å²) in [7, 11) is 0. The summed E-state index contributed by atoms with van der Waals surface area (Å²) in [4.78, 5) is 34.5. The summed E-state index contributed by atoms with van der Waals surface area (Å²) < 4.78 is 19.8. The van der Waals surface area contributed by atoms with Crippen LogP contribution in [0.5, 0.6) is 11.5 Å². The number of hydrogen-bond donors (Lipinski definition) is 0. The third-order valence-corrected chi connectivity index (χ3v) is 4.08. The normalized spacial score (nSPS) is 11.6. The minimum atomic E-state index is -0.767. The first kappa shape index (κ1) is 24.6. The van der Waals surface area contributed by atoms with Crippen LogP contribution in [0.1, 0.15) is 38.1 Å². The van der Waals surface area contributed by atoms with Gasteiger partial charge in [-0.3, -0.25) is 14.4 Å². The molecule has 0 fully saturated rings. The lowest BCUT2D eigenvalue weighted by molar-refractivity contribution is -0.146. The van der Waals surface area contributed by atoms with Gasteiger partial charge in [0.25, 0.3) is 0 Å². The highest BCUT2D eigenvalue weighted by atomic mass is 79.9. The van der Waals surface area contributed by atoms with Crippen LogP contribution >= 0.6 is 31.9 Å². The number of rotatable bonds is 12. The molecule has 0 aliphatic heterocycles. The Morgan fingerprint density at radius 3 is 2.11 bits per heavy atom. The van der Waals surface area contributed by atoms with Gasteiger partial charge < -0.3 is 18.9 Å². The van der Waals surface area contributed by atoms with E-state index in [0.29, 0.717) is 23.3 Å². The van der Waals surface area contributed by atoms with E-state index in [0.717, 1.165) is 0 Å². The molecule has 0 spiro atoms. The molecule has 0 saturated heterocycles. The number of esters is 1. The number of hydrogen-bond acceptors (Lipinski definition) is 7. The van der Waals surface area contributed by atoms with Crippen molar-refractivity contribution in [2.75, 3.05) is 26.6 Å². The van der Waals surface area contributed by atoms with Gasteiger partial charge in [0.2, 0.25) is 0 Å². The Labute approximate surface area is 181 Å². The molecular formula is C19H24Br2O7. The minimum Gasteiger partial charge on any atom is -0.490 e. The SMILES string of the molecule is CC(C)(Br)C(=O)COCOc1cc(C=O)cc(OCCOC(=O)C(C)(C)Br)c1. The van der Waals surface area contributed by atoms with E-state index >= 15 is 0 Å². The summed E-state index contributed by atoms with van der Waals surface area (Å²) in [6.07, 6.45) is 0.658. The van der Waals surface area contributed by atoms with E-state index in [9.17, 15) is 14.4 Å². The van der Waals surface area contributed by atoms with Crippen molar-refractivity contribution in [2.24, 2.45) is 0 Å². The molecule has 1 aromatic carbocycles. The van der Waals surface area contributed by atoms with E-state index < -0.39 is 14.6 Å². The highest BCUT2D eigenvalue weighted by Crippen LogP contribution is 2.23. The second-order valence-electron chi connectivity index (χ2n) is 6.82. The van der Waals surface area contributed by atoms with Crippen LogP contribution in [0.15, 0.2) is 18.2 Å². The highest BCUT2D eigenvalue weighted by molar-refractivity contribution is 9.10. The van der Waals surface area contributed by atoms with Gasteiger partial charge in [-0.15, -0.1) is 0 Å². The predicted molar refractivity (Wildman–Crippen MR) is 111 cm³/mol. The van der Waals surface area contributed by atoms with Crippen LogP contribution < -0.4 is 9.47 Å². The van der Waals surface area contributed by atoms with Crippen LogP contribution in [0.3, 0.4) is 0 Å². The van der Waals surface area contributed by atoms with Crippen molar-refractivity contribution < 1.29 is 33.3 Å². The molecule has 0 aromatic heterocycles. The summed E-state index contributed by atoms with van der Waals surface area (Å²) in [5.74, 6) is 0.207. The maximum absolute atomic E-state index is 11.8. The Kier molecular flexibility index (Phi) is 9.59. The third-order valence-electron chi connectivity index (χ3n) is 3.31. The molecule has 7 nitrogen and oxygen atoms in total. The van der Waals surface area contributed by atoms with Crippen molar-refractivity contribution in [3.8, 4) is 11.5 Å². The third kappa shape index (κ3) is 9.16. The van der Waals surface area contributed by atoms with Gasteiger partial charge in [-0.25, -0.2) is 0 Å². The van der Waals surface area contributed by atoms with E-state index in [2.05, 4.69) is 31.9 Å². The summed E-state index contributed by atoms with van der Waals surface area (Å²) in [5.41, 5.74) is 0.351. The predicted octanol–water partition coefficient (Wildman–Crippen LogP) is 3.69. The maximum atomic E-state index is 11.8. The average molecular weight is 524 g/mol. The smallest absolute Gasteiger partial charge is 0.322 e. The lowest BCUT2D eigenvalue weighted by Gasteiger charge is -2.16. The minimum absolute atomic E-state index is 0.0585. The summed E-state index contributed by atoms with van der Waals surface area (Å²) in [6.45, 7) is 6.73. The molecule has 0 saturated carbocycles. The number of ketones is 1. The van der Waals surface area contributed by atoms with E-state index in [1.54, 1.807) is 33.8 Å². The van der Waals surface area contributed by atoms with Gasteiger partial charge in [0, 0.05) is 11.6 Å². The van der Waals surface area contributed by atoms with Crippen LogP contribution in [0, 0.1) is 0 Å². The van der Waals surface area contributed by atoms with Gasteiger partial charge in [-0.1, -0.05) is 31.9 Å².